The van der Waals surface area contributed by atoms with Gasteiger partial charge in [0.25, 0.3) is 11.8 Å². The highest BCUT2D eigenvalue weighted by molar-refractivity contribution is 7.09. The smallest absolute Gasteiger partial charge is 0.308 e. The number of nitrogens with zero attached hydrogens (tertiary/aromatic N) is 3. The number of carbonyl (C=O) groups excluding carboxylic acids is 9. The van der Waals surface area contributed by atoms with E-state index >= 15 is 4.79 Å². The lowest BCUT2D eigenvalue weighted by molar-refractivity contribution is -0.942. The van der Waals surface area contributed by atoms with Crippen LogP contribution in [0, 0.1) is 23.7 Å². The number of anilines is 1. The van der Waals surface area contributed by atoms with Crippen molar-refractivity contribution >= 4 is 76.3 Å². The number of carbonyl (C=O) groups is 10. The largest absolute Gasteiger partial charge is 0.481 e. The Labute approximate surface area is 762 Å². The first-order valence-electron chi connectivity index (χ1n) is 45.7. The van der Waals surface area contributed by atoms with Crippen LogP contribution in [0.15, 0.2) is 60.0 Å². The van der Waals surface area contributed by atoms with Gasteiger partial charge in [-0.2, -0.15) is 0 Å². The van der Waals surface area contributed by atoms with E-state index < -0.39 is 102 Å². The number of thiazole rings is 1. The molecule has 1 saturated heterocycles. The third-order valence-electron chi connectivity index (χ3n) is 21.8. The first-order chi connectivity index (χ1) is 61.6. The van der Waals surface area contributed by atoms with E-state index in [1.807, 2.05) is 77.2 Å². The van der Waals surface area contributed by atoms with Gasteiger partial charge in [0.05, 0.1) is 184 Å². The van der Waals surface area contributed by atoms with Crippen LogP contribution in [-0.4, -0.2) is 314 Å². The van der Waals surface area contributed by atoms with Crippen molar-refractivity contribution in [3.05, 3.63) is 81.8 Å². The second-order valence-corrected chi connectivity index (χ2v) is 34.0. The number of unbranched alkanes of at least 4 members (excludes halogenated alkanes) is 3. The summed E-state index contributed by atoms with van der Waals surface area (Å²) >= 11 is 1.16. The molecule has 1 aliphatic rings. The van der Waals surface area contributed by atoms with E-state index in [1.165, 1.54) is 6.92 Å². The number of benzene rings is 2. The van der Waals surface area contributed by atoms with E-state index in [-0.39, 0.29) is 73.5 Å². The number of aliphatic carboxylic acids is 1. The molecule has 0 spiro atoms. The summed E-state index contributed by atoms with van der Waals surface area (Å²) in [6, 6.07) is 10.8. The van der Waals surface area contributed by atoms with Crippen molar-refractivity contribution in [2.75, 3.05) is 198 Å². The van der Waals surface area contributed by atoms with Gasteiger partial charge in [0, 0.05) is 82.0 Å². The second-order valence-electron chi connectivity index (χ2n) is 33.1. The summed E-state index contributed by atoms with van der Waals surface area (Å²) in [7, 11) is 5.34. The van der Waals surface area contributed by atoms with Gasteiger partial charge < -0.3 is 118 Å². The fraction of sp³-hybridized carbons (Fsp3) is 0.728. The van der Waals surface area contributed by atoms with Gasteiger partial charge in [-0.25, -0.2) is 4.98 Å². The summed E-state index contributed by atoms with van der Waals surface area (Å²) in [4.78, 5) is 142. The average Bonchev–Trinajstić information content (AvgIpc) is 0.882. The Hall–Kier alpha value is -7.79. The number of quaternary nitrogens is 1. The average molecular weight is 1830 g/mol. The number of likely N-dealkylation sites (tertiary alicyclic amines) is 1. The SMILES string of the molecule is CCCCCOC(=O)[C@@H](C)C[C@H](Cc1ccccc1)NC(=O)c1csc([C@@H](C[C@H](C(C)C)N(C)C(=O)[C@@H](NC(=O)[C@H]2CCCC[N+]2(C)Cc2ccc(NC(=O)[C@H](CCC(=O)O)NC(=O)[C@@H](NC(=O)[C@@H](N)CCCCNC(=O)CCOCCOCCOCCOCCOCCOCCOCCOCCOCCOCCOCCOC)C(C)C)cc2)[C@@H](C)CC)OC(C)=O)n1. The number of hydrogen-bond donors (Lipinski definition) is 8. The summed E-state index contributed by atoms with van der Waals surface area (Å²) in [5.74, 6) is -6.76. The lowest BCUT2D eigenvalue weighted by Crippen LogP contribution is -2.63. The predicted molar refractivity (Wildman–Crippen MR) is 483 cm³/mol. The van der Waals surface area contributed by atoms with Crippen LogP contribution in [0.25, 0.3) is 0 Å². The maximum absolute atomic E-state index is 15.1. The maximum atomic E-state index is 15.1. The van der Waals surface area contributed by atoms with Crippen LogP contribution in [0.3, 0.4) is 0 Å². The molecular weight excluding hydrogens is 1680 g/mol. The van der Waals surface area contributed by atoms with Crippen molar-refractivity contribution in [3.63, 3.8) is 0 Å². The normalized spacial score (nSPS) is 16.1. The quantitative estimate of drug-likeness (QED) is 0.0152. The van der Waals surface area contributed by atoms with Gasteiger partial charge in [0.2, 0.25) is 29.5 Å². The van der Waals surface area contributed by atoms with Crippen molar-refractivity contribution in [1.29, 1.82) is 0 Å². The van der Waals surface area contributed by atoms with Crippen molar-refractivity contribution in [2.24, 2.45) is 29.4 Å². The zero-order valence-electron chi connectivity index (χ0n) is 78.2. The summed E-state index contributed by atoms with van der Waals surface area (Å²) in [6.07, 6.45) is 6.13. The fourth-order valence-corrected chi connectivity index (χ4v) is 15.1. The number of likely N-dealkylation sites (N-methyl/N-ethyl adjacent to an activating group) is 2. The third-order valence-corrected chi connectivity index (χ3v) is 22.8. The predicted octanol–water partition coefficient (Wildman–Crippen LogP) is 7.71. The Morgan fingerprint density at radius 1 is 0.586 bits per heavy atom. The van der Waals surface area contributed by atoms with Crippen molar-refractivity contribution in [3.8, 4) is 0 Å². The molecule has 7 amide bonds. The second kappa shape index (κ2) is 67.4. The molecule has 1 unspecified atom stereocenters. The van der Waals surface area contributed by atoms with Crippen molar-refractivity contribution in [2.45, 2.75) is 220 Å². The number of carboxylic acids is 1. The highest BCUT2D eigenvalue weighted by Gasteiger charge is 2.44. The van der Waals surface area contributed by atoms with E-state index in [0.717, 1.165) is 54.6 Å². The van der Waals surface area contributed by atoms with Crippen LogP contribution in [0.2, 0.25) is 0 Å². The van der Waals surface area contributed by atoms with Gasteiger partial charge in [-0.1, -0.05) is 117 Å². The number of esters is 2. The number of piperidine rings is 1. The van der Waals surface area contributed by atoms with Gasteiger partial charge >= 0.3 is 17.9 Å². The Bertz CT molecular complexity index is 3590. The maximum Gasteiger partial charge on any atom is 0.308 e. The molecule has 11 atom stereocenters. The molecule has 0 saturated carbocycles. The van der Waals surface area contributed by atoms with E-state index in [2.05, 4.69) is 38.8 Å². The van der Waals surface area contributed by atoms with Crippen molar-refractivity contribution in [1.82, 2.24) is 36.5 Å². The van der Waals surface area contributed by atoms with Gasteiger partial charge in [0.15, 0.2) is 12.1 Å². The number of carboxylic acid groups (broad SMARTS) is 1. The zero-order chi connectivity index (χ0) is 93.7. The van der Waals surface area contributed by atoms with Crippen LogP contribution in [-0.2, 0) is 122 Å². The standard InChI is InChI=1S/C92H152N10O25S/c1-13-15-23-37-126-92(113)69(8)61-74(62-71-24-17-16-18-25-71)96-87(109)77-65-128-90(98-77)80(127-70(9)103)63-78(66(3)4)101(10)91(112)84(68(7)14-2)100-88(110)79-27-20-22-36-102(79,11)64-72-28-30-73(31-29-72)95-86(108)76(32-33-82(105)106)97-89(111)83(67(5)6)99-85(107)75(93)26-19-21-35-94-81(104)34-38-115-41-42-117-45-46-119-49-50-121-53-54-123-57-58-125-60-59-124-56-55-122-52-51-120-48-47-118-44-43-116-40-39-114-12/h16-18,24-25,28-31,65-69,74-76,78-80,83-84H,13-15,19-23,26-27,32-64,93H2,1-12H3,(H6-,94,95,96,97,99,100,104,105,106,107,108,109,110,111)/p+1/t68-,69-,74+,75-,76-,78+,79+,80+,83-,84-,102?/m0/s1. The number of hydrogen-bond acceptors (Lipinski definition) is 27. The first kappa shape index (κ1) is 113. The first-order valence-corrected chi connectivity index (χ1v) is 46.6. The lowest BCUT2D eigenvalue weighted by atomic mass is 9.92. The number of methoxy groups -OCH3 is 1. The molecule has 1 aromatic heterocycles. The zero-order valence-corrected chi connectivity index (χ0v) is 79.0. The number of ether oxygens (including phenoxy) is 14. The van der Waals surface area contributed by atoms with Crippen LogP contribution < -0.4 is 37.6 Å². The Morgan fingerprint density at radius 3 is 1.64 bits per heavy atom. The number of nitrogens with two attached hydrogens (primary N) is 1. The molecule has 1 aliphatic heterocycles. The molecular formula is C92H153N10O25S+. The van der Waals surface area contributed by atoms with E-state index in [1.54, 1.807) is 57.3 Å². The van der Waals surface area contributed by atoms with E-state index in [9.17, 15) is 48.3 Å². The Balaban J connectivity index is 1.15. The molecule has 2 heterocycles. The number of nitrogens with one attached hydrogen (secondary N) is 6. The molecule has 35 nitrogen and oxygen atoms in total. The molecule has 9 N–H and O–H groups in total. The Morgan fingerprint density at radius 2 is 1.13 bits per heavy atom. The monoisotopic (exact) mass is 1830 g/mol. The van der Waals surface area contributed by atoms with Crippen LogP contribution >= 0.6 is 11.3 Å². The van der Waals surface area contributed by atoms with Crippen LogP contribution in [0.1, 0.15) is 191 Å². The number of rotatable bonds is 75. The number of amides is 7. The molecule has 0 bridgehead atoms. The molecule has 726 valence electrons. The third kappa shape index (κ3) is 47.9. The molecule has 2 aromatic carbocycles. The Kier molecular flexibility index (Phi) is 59.3. The van der Waals surface area contributed by atoms with Crippen LogP contribution in [0.4, 0.5) is 5.69 Å². The van der Waals surface area contributed by atoms with Gasteiger partial charge in [-0.15, -0.1) is 11.3 Å². The van der Waals surface area contributed by atoms with Gasteiger partial charge in [0.1, 0.15) is 35.4 Å². The molecule has 36 heteroatoms. The lowest BCUT2D eigenvalue weighted by Gasteiger charge is -2.44. The molecule has 4 rings (SSSR count). The number of aromatic nitrogens is 1. The minimum absolute atomic E-state index is 0.110. The van der Waals surface area contributed by atoms with Crippen molar-refractivity contribution < 1.29 is 124 Å². The summed E-state index contributed by atoms with van der Waals surface area (Å²) in [6.45, 7) is 28.3. The highest BCUT2D eigenvalue weighted by atomic mass is 32.1. The summed E-state index contributed by atoms with van der Waals surface area (Å²) in [5, 5.41) is 29.0. The van der Waals surface area contributed by atoms with Crippen LogP contribution in [0.5, 0.6) is 0 Å². The molecule has 1 fully saturated rings. The molecule has 128 heavy (non-hydrogen) atoms. The summed E-state index contributed by atoms with van der Waals surface area (Å²) in [5.41, 5.74) is 8.59. The summed E-state index contributed by atoms with van der Waals surface area (Å²) < 4.78 is 77.2. The van der Waals surface area contributed by atoms with Gasteiger partial charge in [-0.3, -0.25) is 47.9 Å². The minimum atomic E-state index is -1.32. The fourth-order valence-electron chi connectivity index (χ4n) is 14.3. The topological polar surface area (TPSA) is 434 Å². The molecule has 0 aliphatic carbocycles. The van der Waals surface area contributed by atoms with E-state index in [4.69, 9.17) is 77.0 Å². The highest BCUT2D eigenvalue weighted by Crippen LogP contribution is 2.33. The van der Waals surface area contributed by atoms with E-state index in [0.29, 0.717) is 225 Å². The van der Waals surface area contributed by atoms with Gasteiger partial charge in [-0.05, 0) is 93.2 Å². The molecule has 3 aromatic rings. The molecule has 0 radical (unpaired) electrons. The minimum Gasteiger partial charge on any atom is -0.481 e.